The van der Waals surface area contributed by atoms with Crippen LogP contribution in [0, 0.1) is 5.92 Å². The van der Waals surface area contributed by atoms with Gasteiger partial charge in [0.2, 0.25) is 0 Å². The molecule has 0 spiro atoms. The largest absolute Gasteiger partial charge is 0.311 e. The molecule has 0 heterocycles. The Bertz CT molecular complexity index is 263. The molecular formula is C11H25NO2S. The van der Waals surface area contributed by atoms with Crippen LogP contribution in [0.4, 0.5) is 0 Å². The summed E-state index contributed by atoms with van der Waals surface area (Å²) in [7, 11) is -2.86. The van der Waals surface area contributed by atoms with Gasteiger partial charge >= 0.3 is 0 Å². The molecule has 0 aromatic heterocycles. The molecule has 0 aliphatic rings. The molecule has 0 atom stereocenters. The maximum absolute atomic E-state index is 11.6. The van der Waals surface area contributed by atoms with Gasteiger partial charge in [-0.1, -0.05) is 13.8 Å². The van der Waals surface area contributed by atoms with Crippen LogP contribution >= 0.6 is 0 Å². The molecular weight excluding hydrogens is 210 g/mol. The molecule has 0 aromatic rings. The highest BCUT2D eigenvalue weighted by molar-refractivity contribution is 7.91. The molecule has 0 aromatic carbocycles. The lowest BCUT2D eigenvalue weighted by Crippen LogP contribution is -2.39. The Morgan fingerprint density at radius 1 is 1.13 bits per heavy atom. The Morgan fingerprint density at radius 2 is 1.67 bits per heavy atom. The van der Waals surface area contributed by atoms with Crippen molar-refractivity contribution < 1.29 is 8.42 Å². The van der Waals surface area contributed by atoms with Gasteiger partial charge in [-0.2, -0.15) is 0 Å². The average molecular weight is 235 g/mol. The number of sulfone groups is 1. The third-order valence-corrected chi connectivity index (χ3v) is 3.76. The van der Waals surface area contributed by atoms with Gasteiger partial charge in [0.1, 0.15) is 0 Å². The fourth-order valence-electron chi connectivity index (χ4n) is 1.10. The SMILES string of the molecule is CC(C)CCS(=O)(=O)CCNC(C)(C)C. The summed E-state index contributed by atoms with van der Waals surface area (Å²) >= 11 is 0. The summed E-state index contributed by atoms with van der Waals surface area (Å²) in [5.41, 5.74) is -0.00638. The smallest absolute Gasteiger partial charge is 0.151 e. The Labute approximate surface area is 94.6 Å². The summed E-state index contributed by atoms with van der Waals surface area (Å²) < 4.78 is 23.2. The van der Waals surface area contributed by atoms with Crippen LogP contribution in [0.3, 0.4) is 0 Å². The van der Waals surface area contributed by atoms with Crippen LogP contribution in [0.25, 0.3) is 0 Å². The van der Waals surface area contributed by atoms with Gasteiger partial charge in [0.15, 0.2) is 9.84 Å². The van der Waals surface area contributed by atoms with Crippen molar-refractivity contribution in [1.29, 1.82) is 0 Å². The van der Waals surface area contributed by atoms with Crippen LogP contribution < -0.4 is 5.32 Å². The second-order valence-corrected chi connectivity index (χ2v) is 7.81. The molecule has 0 fully saturated rings. The molecule has 0 bridgehead atoms. The fourth-order valence-corrected chi connectivity index (χ4v) is 2.55. The van der Waals surface area contributed by atoms with E-state index < -0.39 is 9.84 Å². The molecule has 4 heteroatoms. The van der Waals surface area contributed by atoms with E-state index in [2.05, 4.69) is 5.32 Å². The van der Waals surface area contributed by atoms with Crippen molar-refractivity contribution in [3.63, 3.8) is 0 Å². The lowest BCUT2D eigenvalue weighted by molar-refractivity contribution is 0.438. The molecule has 0 unspecified atom stereocenters. The first kappa shape index (κ1) is 14.9. The fraction of sp³-hybridized carbons (Fsp3) is 1.00. The highest BCUT2D eigenvalue weighted by atomic mass is 32.2. The monoisotopic (exact) mass is 235 g/mol. The van der Waals surface area contributed by atoms with Crippen LogP contribution in [-0.2, 0) is 9.84 Å². The average Bonchev–Trinajstić information content (AvgIpc) is 1.98. The Kier molecular flexibility index (Phi) is 5.81. The Balaban J connectivity index is 3.85. The van der Waals surface area contributed by atoms with Crippen LogP contribution in [0.5, 0.6) is 0 Å². The molecule has 0 saturated carbocycles. The molecule has 0 saturated heterocycles. The van der Waals surface area contributed by atoms with Gasteiger partial charge in [0.05, 0.1) is 11.5 Å². The second-order valence-electron chi connectivity index (χ2n) is 5.51. The molecule has 92 valence electrons. The van der Waals surface area contributed by atoms with Crippen molar-refractivity contribution in [3.8, 4) is 0 Å². The van der Waals surface area contributed by atoms with E-state index in [1.165, 1.54) is 0 Å². The van der Waals surface area contributed by atoms with Crippen molar-refractivity contribution in [2.24, 2.45) is 5.92 Å². The van der Waals surface area contributed by atoms with Gasteiger partial charge in [-0.3, -0.25) is 0 Å². The van der Waals surface area contributed by atoms with E-state index in [1.54, 1.807) is 0 Å². The van der Waals surface area contributed by atoms with Gasteiger partial charge in [0.25, 0.3) is 0 Å². The Hall–Kier alpha value is -0.0900. The van der Waals surface area contributed by atoms with Gasteiger partial charge < -0.3 is 5.32 Å². The maximum Gasteiger partial charge on any atom is 0.151 e. The van der Waals surface area contributed by atoms with Crippen molar-refractivity contribution >= 4 is 9.84 Å². The summed E-state index contributed by atoms with van der Waals surface area (Å²) in [5, 5.41) is 3.19. The first-order chi connectivity index (χ1) is 6.62. The molecule has 0 aliphatic carbocycles. The topological polar surface area (TPSA) is 46.2 Å². The summed E-state index contributed by atoms with van der Waals surface area (Å²) in [6.07, 6.45) is 0.762. The molecule has 0 rings (SSSR count). The quantitative estimate of drug-likeness (QED) is 0.764. The lowest BCUT2D eigenvalue weighted by Gasteiger charge is -2.20. The number of hydrogen-bond donors (Lipinski definition) is 1. The van der Waals surface area contributed by atoms with E-state index in [-0.39, 0.29) is 11.3 Å². The number of rotatable bonds is 6. The minimum atomic E-state index is -2.86. The normalized spacial score (nSPS) is 13.5. The van der Waals surface area contributed by atoms with E-state index in [0.717, 1.165) is 6.42 Å². The van der Waals surface area contributed by atoms with E-state index in [4.69, 9.17) is 0 Å². The summed E-state index contributed by atoms with van der Waals surface area (Å²) in [4.78, 5) is 0. The first-order valence-electron chi connectivity index (χ1n) is 5.58. The van der Waals surface area contributed by atoms with Crippen molar-refractivity contribution in [3.05, 3.63) is 0 Å². The zero-order valence-corrected chi connectivity index (χ0v) is 11.4. The van der Waals surface area contributed by atoms with E-state index in [9.17, 15) is 8.42 Å². The van der Waals surface area contributed by atoms with Crippen molar-refractivity contribution in [2.75, 3.05) is 18.1 Å². The van der Waals surface area contributed by atoms with E-state index >= 15 is 0 Å². The Morgan fingerprint density at radius 3 is 2.07 bits per heavy atom. The first-order valence-corrected chi connectivity index (χ1v) is 7.40. The highest BCUT2D eigenvalue weighted by Crippen LogP contribution is 2.04. The molecule has 0 radical (unpaired) electrons. The lowest BCUT2D eigenvalue weighted by atomic mass is 10.1. The zero-order valence-electron chi connectivity index (χ0n) is 10.6. The molecule has 0 amide bonds. The van der Waals surface area contributed by atoms with Crippen LogP contribution in [0.15, 0.2) is 0 Å². The molecule has 15 heavy (non-hydrogen) atoms. The van der Waals surface area contributed by atoms with Gasteiger partial charge in [-0.05, 0) is 33.1 Å². The number of hydrogen-bond acceptors (Lipinski definition) is 3. The minimum absolute atomic E-state index is 0.00638. The van der Waals surface area contributed by atoms with Crippen molar-refractivity contribution in [1.82, 2.24) is 5.32 Å². The summed E-state index contributed by atoms with van der Waals surface area (Å²) in [6, 6.07) is 0. The molecule has 0 aliphatic heterocycles. The molecule has 1 N–H and O–H groups in total. The van der Waals surface area contributed by atoms with Crippen LogP contribution in [-0.4, -0.2) is 32.0 Å². The van der Waals surface area contributed by atoms with E-state index in [1.807, 2.05) is 34.6 Å². The summed E-state index contributed by atoms with van der Waals surface area (Å²) in [6.45, 7) is 10.7. The van der Waals surface area contributed by atoms with Gasteiger partial charge in [0, 0.05) is 12.1 Å². The third-order valence-electron chi connectivity index (χ3n) is 2.07. The van der Waals surface area contributed by atoms with Crippen LogP contribution in [0.1, 0.15) is 41.0 Å². The minimum Gasteiger partial charge on any atom is -0.311 e. The second kappa shape index (κ2) is 5.85. The summed E-state index contributed by atoms with van der Waals surface area (Å²) in [5.74, 6) is 1.02. The standard InChI is InChI=1S/C11H25NO2S/c1-10(2)6-8-15(13,14)9-7-12-11(3,4)5/h10,12H,6-9H2,1-5H3. The van der Waals surface area contributed by atoms with Gasteiger partial charge in [-0.25, -0.2) is 8.42 Å². The van der Waals surface area contributed by atoms with Crippen LogP contribution in [0.2, 0.25) is 0 Å². The highest BCUT2D eigenvalue weighted by Gasteiger charge is 2.14. The van der Waals surface area contributed by atoms with Crippen molar-refractivity contribution in [2.45, 2.75) is 46.6 Å². The number of nitrogens with one attached hydrogen (secondary N) is 1. The maximum atomic E-state index is 11.6. The van der Waals surface area contributed by atoms with E-state index in [0.29, 0.717) is 18.2 Å². The van der Waals surface area contributed by atoms with Gasteiger partial charge in [-0.15, -0.1) is 0 Å². The predicted octanol–water partition coefficient (Wildman–Crippen LogP) is 1.84. The third kappa shape index (κ3) is 10.2. The zero-order chi connectivity index (χ0) is 12.1. The molecule has 3 nitrogen and oxygen atoms in total. The predicted molar refractivity (Wildman–Crippen MR) is 65.9 cm³/mol.